The van der Waals surface area contributed by atoms with E-state index in [1.54, 1.807) is 4.90 Å². The predicted octanol–water partition coefficient (Wildman–Crippen LogP) is 2.83. The summed E-state index contributed by atoms with van der Waals surface area (Å²) in [4.78, 5) is 24.3. The van der Waals surface area contributed by atoms with Crippen LogP contribution in [-0.4, -0.2) is 46.9 Å². The molecular weight excluding hydrogens is 382 g/mol. The number of oxime groups is 1. The number of aromatic nitrogens is 2. The van der Waals surface area contributed by atoms with Gasteiger partial charge in [-0.2, -0.15) is 4.98 Å². The predicted molar refractivity (Wildman–Crippen MR) is 112 cm³/mol. The van der Waals surface area contributed by atoms with Crippen molar-refractivity contribution in [2.45, 2.75) is 18.9 Å². The second kappa shape index (κ2) is 8.87. The number of hydrogen-bond acceptors (Lipinski definition) is 7. The number of likely N-dealkylation sites (tertiary alicyclic amines) is 1. The topological polar surface area (TPSA) is 107 Å². The molecule has 1 aromatic heterocycles. The number of nitrogens with zero attached hydrogens (tertiary/aromatic N) is 4. The van der Waals surface area contributed by atoms with E-state index < -0.39 is 0 Å². The molecule has 0 unspecified atom stereocenters. The van der Waals surface area contributed by atoms with Gasteiger partial charge in [-0.25, -0.2) is 0 Å². The third-order valence-corrected chi connectivity index (χ3v) is 5.02. The largest absolute Gasteiger partial charge is 0.399 e. The smallest absolute Gasteiger partial charge is 0.254 e. The van der Waals surface area contributed by atoms with Crippen molar-refractivity contribution in [1.29, 1.82) is 0 Å². The van der Waals surface area contributed by atoms with Crippen LogP contribution in [0.5, 0.6) is 0 Å². The summed E-state index contributed by atoms with van der Waals surface area (Å²) in [6, 6.07) is 17.2. The summed E-state index contributed by atoms with van der Waals surface area (Å²) in [7, 11) is 1.49. The molecule has 4 rings (SSSR count). The van der Waals surface area contributed by atoms with E-state index in [9.17, 15) is 4.79 Å². The molecule has 0 saturated carbocycles. The average Bonchev–Trinajstić information content (AvgIpc) is 3.42. The highest BCUT2D eigenvalue weighted by molar-refractivity contribution is 6.00. The van der Waals surface area contributed by atoms with Gasteiger partial charge < -0.3 is 20.0 Å². The number of carbonyl (C=O) groups is 1. The fourth-order valence-electron chi connectivity index (χ4n) is 3.57. The van der Waals surface area contributed by atoms with Crippen LogP contribution in [0.4, 0.5) is 0 Å². The van der Waals surface area contributed by atoms with E-state index in [1.165, 1.54) is 7.11 Å². The van der Waals surface area contributed by atoms with E-state index in [2.05, 4.69) is 15.3 Å². The molecule has 8 nitrogen and oxygen atoms in total. The maximum absolute atomic E-state index is 13.3. The monoisotopic (exact) mass is 405 g/mol. The number of rotatable bonds is 6. The highest BCUT2D eigenvalue weighted by Crippen LogP contribution is 2.31. The van der Waals surface area contributed by atoms with Crippen molar-refractivity contribution in [3.05, 3.63) is 71.9 Å². The Morgan fingerprint density at radius 3 is 2.63 bits per heavy atom. The Morgan fingerprint density at radius 1 is 1.20 bits per heavy atom. The van der Waals surface area contributed by atoms with Gasteiger partial charge in [0, 0.05) is 24.9 Å². The Morgan fingerprint density at radius 2 is 1.93 bits per heavy atom. The zero-order valence-electron chi connectivity index (χ0n) is 16.7. The molecule has 1 amide bonds. The van der Waals surface area contributed by atoms with E-state index >= 15 is 0 Å². The Kier molecular flexibility index (Phi) is 5.85. The zero-order chi connectivity index (χ0) is 20.9. The molecule has 3 aromatic rings. The van der Waals surface area contributed by atoms with Crippen LogP contribution in [0.1, 0.15) is 34.5 Å². The number of hydrogen-bond donors (Lipinski definition) is 1. The van der Waals surface area contributed by atoms with Gasteiger partial charge in [0.1, 0.15) is 13.2 Å². The van der Waals surface area contributed by atoms with Crippen LogP contribution in [0.3, 0.4) is 0 Å². The normalized spacial score (nSPS) is 17.5. The van der Waals surface area contributed by atoms with Crippen molar-refractivity contribution >= 4 is 11.6 Å². The van der Waals surface area contributed by atoms with Gasteiger partial charge >= 0.3 is 0 Å². The maximum atomic E-state index is 13.3. The third kappa shape index (κ3) is 4.08. The average molecular weight is 405 g/mol. The lowest BCUT2D eigenvalue weighted by molar-refractivity contribution is 0.0732. The molecule has 2 heterocycles. The van der Waals surface area contributed by atoms with E-state index in [0.717, 1.165) is 16.8 Å². The van der Waals surface area contributed by atoms with Crippen molar-refractivity contribution < 1.29 is 14.2 Å². The van der Waals surface area contributed by atoms with E-state index in [-0.39, 0.29) is 11.9 Å². The molecule has 2 aromatic carbocycles. The number of amides is 1. The molecule has 1 fully saturated rings. The minimum absolute atomic E-state index is 0.119. The van der Waals surface area contributed by atoms with Crippen LogP contribution in [0.25, 0.3) is 11.1 Å². The number of benzene rings is 2. The first-order chi connectivity index (χ1) is 14.7. The molecule has 0 spiro atoms. The molecule has 154 valence electrons. The van der Waals surface area contributed by atoms with Crippen molar-refractivity contribution in [3.8, 4) is 11.1 Å². The number of nitrogens with two attached hydrogens (primary N) is 1. The van der Waals surface area contributed by atoms with Gasteiger partial charge in [-0.3, -0.25) is 4.79 Å². The van der Waals surface area contributed by atoms with Crippen LogP contribution in [-0.2, 0) is 11.3 Å². The van der Waals surface area contributed by atoms with Crippen molar-refractivity contribution in [1.82, 2.24) is 15.0 Å². The molecule has 0 aliphatic carbocycles. The quantitative estimate of drug-likeness (QED) is 0.632. The van der Waals surface area contributed by atoms with Gasteiger partial charge in [-0.05, 0) is 23.3 Å². The Bertz CT molecular complexity index is 1030. The summed E-state index contributed by atoms with van der Waals surface area (Å²) in [5, 5.41) is 8.10. The Hall–Kier alpha value is -3.52. The van der Waals surface area contributed by atoms with Crippen molar-refractivity contribution in [2.75, 3.05) is 20.2 Å². The standard InChI is InChI=1S/C22H23N5O3/c1-29-25-18-13-19(21-24-20(11-12-23)30-26-21)27(14-18)22(28)17-9-7-16(8-10-17)15-5-3-2-4-6-15/h2-10,19H,11-14,23H2,1H3/b25-18-/t19-/m0/s1. The molecule has 1 aliphatic rings. The van der Waals surface area contributed by atoms with Crippen LogP contribution in [0.2, 0.25) is 0 Å². The van der Waals surface area contributed by atoms with Gasteiger partial charge in [-0.1, -0.05) is 52.8 Å². The van der Waals surface area contributed by atoms with Crippen LogP contribution >= 0.6 is 0 Å². The second-order valence-electron chi connectivity index (χ2n) is 7.02. The fourth-order valence-corrected chi connectivity index (χ4v) is 3.57. The van der Waals surface area contributed by atoms with Crippen LogP contribution in [0, 0.1) is 0 Å². The summed E-state index contributed by atoms with van der Waals surface area (Å²) < 4.78 is 5.26. The minimum Gasteiger partial charge on any atom is -0.399 e. The fraction of sp³-hybridized carbons (Fsp3) is 0.273. The lowest BCUT2D eigenvalue weighted by Crippen LogP contribution is -2.31. The summed E-state index contributed by atoms with van der Waals surface area (Å²) >= 11 is 0. The molecule has 0 radical (unpaired) electrons. The van der Waals surface area contributed by atoms with E-state index in [0.29, 0.717) is 43.2 Å². The maximum Gasteiger partial charge on any atom is 0.254 e. The molecule has 8 heteroatoms. The first-order valence-corrected chi connectivity index (χ1v) is 9.77. The zero-order valence-corrected chi connectivity index (χ0v) is 16.7. The first kappa shape index (κ1) is 19.8. The molecule has 30 heavy (non-hydrogen) atoms. The lowest BCUT2D eigenvalue weighted by atomic mass is 10.0. The first-order valence-electron chi connectivity index (χ1n) is 9.77. The molecule has 0 bridgehead atoms. The van der Waals surface area contributed by atoms with Gasteiger partial charge in [0.25, 0.3) is 5.91 Å². The summed E-state index contributed by atoms with van der Waals surface area (Å²) in [6.45, 7) is 0.762. The minimum atomic E-state index is -0.365. The number of carbonyl (C=O) groups excluding carboxylic acids is 1. The summed E-state index contributed by atoms with van der Waals surface area (Å²) in [5.74, 6) is 0.796. The molecule has 1 atom stereocenters. The van der Waals surface area contributed by atoms with Crippen molar-refractivity contribution in [2.24, 2.45) is 10.9 Å². The highest BCUT2D eigenvalue weighted by Gasteiger charge is 2.37. The Labute approximate surface area is 174 Å². The molecular formula is C22H23N5O3. The molecule has 2 N–H and O–H groups in total. The molecule has 1 aliphatic heterocycles. The SMILES string of the molecule is CO/N=C1/C[C@@H](c2noc(CCN)n2)N(C(=O)c2ccc(-c3ccccc3)cc2)C1. The lowest BCUT2D eigenvalue weighted by Gasteiger charge is -2.21. The van der Waals surface area contributed by atoms with E-state index in [1.807, 2.05) is 54.6 Å². The summed E-state index contributed by atoms with van der Waals surface area (Å²) in [5.41, 5.74) is 9.05. The van der Waals surface area contributed by atoms with Crippen LogP contribution in [0.15, 0.2) is 64.3 Å². The van der Waals surface area contributed by atoms with Gasteiger partial charge in [0.2, 0.25) is 5.89 Å². The van der Waals surface area contributed by atoms with Gasteiger partial charge in [0.05, 0.1) is 12.3 Å². The highest BCUT2D eigenvalue weighted by atomic mass is 16.6. The van der Waals surface area contributed by atoms with Gasteiger partial charge in [0.15, 0.2) is 5.82 Å². The third-order valence-electron chi connectivity index (χ3n) is 5.02. The summed E-state index contributed by atoms with van der Waals surface area (Å²) in [6.07, 6.45) is 0.983. The van der Waals surface area contributed by atoms with Gasteiger partial charge in [-0.15, -0.1) is 0 Å². The van der Waals surface area contributed by atoms with Crippen LogP contribution < -0.4 is 5.73 Å². The molecule has 1 saturated heterocycles. The van der Waals surface area contributed by atoms with E-state index in [4.69, 9.17) is 15.1 Å². The van der Waals surface area contributed by atoms with Crippen molar-refractivity contribution in [3.63, 3.8) is 0 Å². The Balaban J connectivity index is 1.59. The second-order valence-corrected chi connectivity index (χ2v) is 7.02.